The Kier molecular flexibility index (Phi) is 6.33. The maximum Gasteiger partial charge on any atom is 0.160 e. The summed E-state index contributed by atoms with van der Waals surface area (Å²) in [6, 6.07) is 22.7. The largest absolute Gasteiger partial charge is 0.493 e. The van der Waals surface area contributed by atoms with Crippen LogP contribution in [0.1, 0.15) is 18.9 Å². The molecule has 1 aliphatic heterocycles. The zero-order chi connectivity index (χ0) is 21.8. The molecule has 0 aromatic heterocycles. The average Bonchev–Trinajstić information content (AvgIpc) is 2.82. The molecule has 0 saturated carbocycles. The normalized spacial score (nSPS) is 13.3. The molecule has 1 unspecified atom stereocenters. The van der Waals surface area contributed by atoms with E-state index in [2.05, 4.69) is 60.2 Å². The summed E-state index contributed by atoms with van der Waals surface area (Å²) in [6.07, 6.45) is 2.10. The van der Waals surface area contributed by atoms with Gasteiger partial charge >= 0.3 is 0 Å². The zero-order valence-corrected chi connectivity index (χ0v) is 18.7. The Morgan fingerprint density at radius 3 is 2.06 bits per heavy atom. The zero-order valence-electron chi connectivity index (χ0n) is 18.7. The molecule has 1 aliphatic rings. The highest BCUT2D eigenvalue weighted by Gasteiger charge is 2.30. The lowest BCUT2D eigenvalue weighted by atomic mass is 10.1. The van der Waals surface area contributed by atoms with Gasteiger partial charge in [-0.2, -0.15) is 0 Å². The molecule has 5 heteroatoms. The van der Waals surface area contributed by atoms with Crippen LogP contribution in [0.3, 0.4) is 0 Å². The number of hydrogen-bond acceptors (Lipinski definition) is 5. The lowest BCUT2D eigenvalue weighted by molar-refractivity contribution is 0.238. The maximum atomic E-state index is 6.17. The molecule has 0 fully saturated rings. The molecule has 0 bridgehead atoms. The minimum absolute atomic E-state index is 0.200. The van der Waals surface area contributed by atoms with E-state index in [0.29, 0.717) is 0 Å². The molecule has 0 aliphatic carbocycles. The molecule has 0 saturated heterocycles. The molecule has 3 aromatic carbocycles. The molecule has 5 nitrogen and oxygen atoms in total. The van der Waals surface area contributed by atoms with Crippen molar-refractivity contribution in [2.45, 2.75) is 25.9 Å². The topological polar surface area (TPSA) is 34.2 Å². The molecule has 1 heterocycles. The first-order valence-corrected chi connectivity index (χ1v) is 10.7. The number of methoxy groups -OCH3 is 2. The number of benzene rings is 3. The van der Waals surface area contributed by atoms with Crippen molar-refractivity contribution in [3.8, 4) is 23.0 Å². The number of nitrogens with zero attached hydrogens (tertiary/aromatic N) is 2. The molecular formula is C26H30N2O3. The van der Waals surface area contributed by atoms with Crippen LogP contribution in [-0.4, -0.2) is 38.9 Å². The van der Waals surface area contributed by atoms with Crippen molar-refractivity contribution in [2.75, 3.05) is 32.7 Å². The summed E-state index contributed by atoms with van der Waals surface area (Å²) in [4.78, 5) is 4.82. The molecule has 0 spiro atoms. The van der Waals surface area contributed by atoms with Gasteiger partial charge in [-0.25, -0.2) is 0 Å². The summed E-state index contributed by atoms with van der Waals surface area (Å²) in [5.41, 5.74) is 3.43. The number of ether oxygens (including phenoxy) is 3. The fourth-order valence-electron chi connectivity index (χ4n) is 4.24. The minimum atomic E-state index is 0.200. The molecule has 0 radical (unpaired) electrons. The van der Waals surface area contributed by atoms with Crippen molar-refractivity contribution in [1.29, 1.82) is 0 Å². The van der Waals surface area contributed by atoms with Crippen LogP contribution in [-0.2, 0) is 6.42 Å². The number of para-hydroxylation sites is 4. The van der Waals surface area contributed by atoms with E-state index < -0.39 is 0 Å². The van der Waals surface area contributed by atoms with Crippen molar-refractivity contribution in [1.82, 2.24) is 4.90 Å². The Morgan fingerprint density at radius 1 is 0.871 bits per heavy atom. The standard InChI is InChI=1S/C26H30N2O3/c1-5-26(27(2)17-16-19-14-15-24(29-3)25(18-19)30-4)28-20-10-6-8-12-22(20)31-23-13-9-7-11-21(23)28/h6-15,18,26H,5,16-17H2,1-4H3. The third kappa shape index (κ3) is 4.19. The summed E-state index contributed by atoms with van der Waals surface area (Å²) in [5, 5.41) is 0. The summed E-state index contributed by atoms with van der Waals surface area (Å²) in [5.74, 6) is 3.32. The summed E-state index contributed by atoms with van der Waals surface area (Å²) in [6.45, 7) is 3.15. The maximum absolute atomic E-state index is 6.17. The Balaban J connectivity index is 1.58. The van der Waals surface area contributed by atoms with Crippen molar-refractivity contribution < 1.29 is 14.2 Å². The second kappa shape index (κ2) is 9.31. The van der Waals surface area contributed by atoms with Crippen LogP contribution in [0.4, 0.5) is 11.4 Å². The summed E-state index contributed by atoms with van der Waals surface area (Å²) in [7, 11) is 5.53. The number of fused-ring (bicyclic) bond motifs is 2. The monoisotopic (exact) mass is 418 g/mol. The highest BCUT2D eigenvalue weighted by atomic mass is 16.5. The Labute approximate surface area is 184 Å². The van der Waals surface area contributed by atoms with Gasteiger partial charge in [-0.1, -0.05) is 37.3 Å². The van der Waals surface area contributed by atoms with Crippen molar-refractivity contribution in [2.24, 2.45) is 0 Å². The van der Waals surface area contributed by atoms with Crippen LogP contribution in [0.5, 0.6) is 23.0 Å². The number of rotatable bonds is 8. The third-order valence-electron chi connectivity index (χ3n) is 5.84. The van der Waals surface area contributed by atoms with E-state index >= 15 is 0 Å². The molecule has 4 rings (SSSR count). The van der Waals surface area contributed by atoms with Crippen LogP contribution in [0.2, 0.25) is 0 Å². The van der Waals surface area contributed by atoms with Gasteiger partial charge in [0, 0.05) is 6.54 Å². The van der Waals surface area contributed by atoms with Gasteiger partial charge in [-0.05, 0) is 61.9 Å². The predicted molar refractivity (Wildman–Crippen MR) is 125 cm³/mol. The van der Waals surface area contributed by atoms with E-state index in [9.17, 15) is 0 Å². The molecular weight excluding hydrogens is 388 g/mol. The second-order valence-corrected chi connectivity index (χ2v) is 7.72. The SMILES string of the molecule is CCC(N(C)CCc1ccc(OC)c(OC)c1)N1c2ccccc2Oc2ccccc21. The van der Waals surface area contributed by atoms with E-state index in [-0.39, 0.29) is 6.17 Å². The first-order chi connectivity index (χ1) is 15.2. The highest BCUT2D eigenvalue weighted by Crippen LogP contribution is 2.48. The van der Waals surface area contributed by atoms with Gasteiger partial charge in [0.05, 0.1) is 31.8 Å². The van der Waals surface area contributed by atoms with Crippen molar-refractivity contribution >= 4 is 11.4 Å². The Hall–Kier alpha value is -3.18. The Morgan fingerprint density at radius 2 is 1.48 bits per heavy atom. The van der Waals surface area contributed by atoms with Gasteiger partial charge in [0.25, 0.3) is 0 Å². The van der Waals surface area contributed by atoms with E-state index in [4.69, 9.17) is 14.2 Å². The highest BCUT2D eigenvalue weighted by molar-refractivity contribution is 5.78. The number of anilines is 2. The molecule has 0 amide bonds. The molecule has 0 N–H and O–H groups in total. The summed E-state index contributed by atoms with van der Waals surface area (Å²) < 4.78 is 17.0. The third-order valence-corrected chi connectivity index (χ3v) is 5.84. The average molecular weight is 419 g/mol. The summed E-state index contributed by atoms with van der Waals surface area (Å²) >= 11 is 0. The molecule has 3 aromatic rings. The number of likely N-dealkylation sites (N-methyl/N-ethyl adjacent to an activating group) is 1. The predicted octanol–water partition coefficient (Wildman–Crippen LogP) is 5.86. The van der Waals surface area contributed by atoms with Crippen molar-refractivity contribution in [3.63, 3.8) is 0 Å². The van der Waals surface area contributed by atoms with Crippen LogP contribution >= 0.6 is 0 Å². The Bertz CT molecular complexity index is 991. The van der Waals surface area contributed by atoms with Gasteiger partial charge in [-0.15, -0.1) is 0 Å². The van der Waals surface area contributed by atoms with Crippen LogP contribution in [0.15, 0.2) is 66.7 Å². The van der Waals surface area contributed by atoms with E-state index in [0.717, 1.165) is 53.8 Å². The molecule has 162 valence electrons. The van der Waals surface area contributed by atoms with Crippen LogP contribution in [0, 0.1) is 0 Å². The van der Waals surface area contributed by atoms with E-state index in [1.807, 2.05) is 30.3 Å². The lowest BCUT2D eigenvalue weighted by Gasteiger charge is -2.42. The first kappa shape index (κ1) is 21.1. The lowest BCUT2D eigenvalue weighted by Crippen LogP contribution is -2.45. The van der Waals surface area contributed by atoms with Gasteiger partial charge in [0.15, 0.2) is 23.0 Å². The quantitative estimate of drug-likeness (QED) is 0.458. The second-order valence-electron chi connectivity index (χ2n) is 7.72. The molecule has 1 atom stereocenters. The smallest absolute Gasteiger partial charge is 0.160 e. The van der Waals surface area contributed by atoms with Gasteiger partial charge in [0.2, 0.25) is 0 Å². The van der Waals surface area contributed by atoms with Crippen LogP contribution < -0.4 is 19.1 Å². The van der Waals surface area contributed by atoms with E-state index in [1.54, 1.807) is 14.2 Å². The fourth-order valence-corrected chi connectivity index (χ4v) is 4.24. The van der Waals surface area contributed by atoms with Gasteiger partial charge in [-0.3, -0.25) is 4.90 Å². The minimum Gasteiger partial charge on any atom is -0.493 e. The van der Waals surface area contributed by atoms with Crippen molar-refractivity contribution in [3.05, 3.63) is 72.3 Å². The fraction of sp³-hybridized carbons (Fsp3) is 0.308. The van der Waals surface area contributed by atoms with Gasteiger partial charge in [0.1, 0.15) is 0 Å². The molecule has 31 heavy (non-hydrogen) atoms. The van der Waals surface area contributed by atoms with E-state index in [1.165, 1.54) is 5.56 Å². The first-order valence-electron chi connectivity index (χ1n) is 10.7. The number of hydrogen-bond donors (Lipinski definition) is 0. The van der Waals surface area contributed by atoms with Crippen LogP contribution in [0.25, 0.3) is 0 Å². The van der Waals surface area contributed by atoms with Gasteiger partial charge < -0.3 is 19.1 Å².